The number of carbonyl (C=O) groups is 1. The van der Waals surface area contributed by atoms with Crippen LogP contribution >= 0.6 is 0 Å². The van der Waals surface area contributed by atoms with Gasteiger partial charge in [0, 0.05) is 50.0 Å². The van der Waals surface area contributed by atoms with Crippen molar-refractivity contribution in [3.8, 4) is 0 Å². The second kappa shape index (κ2) is 10.0. The number of benzene rings is 2. The van der Waals surface area contributed by atoms with Crippen LogP contribution in [0.5, 0.6) is 0 Å². The number of alkyl halides is 3. The summed E-state index contributed by atoms with van der Waals surface area (Å²) in [6, 6.07) is 16.4. The Hall–Kier alpha value is -3.27. The Morgan fingerprint density at radius 2 is 1.61 bits per heavy atom. The van der Waals surface area contributed by atoms with Crippen molar-refractivity contribution in [2.75, 3.05) is 38.1 Å². The molecule has 1 saturated heterocycles. The quantitative estimate of drug-likeness (QED) is 0.585. The normalized spacial score (nSPS) is 19.2. The fourth-order valence-electron chi connectivity index (χ4n) is 4.40. The lowest BCUT2D eigenvalue weighted by molar-refractivity contribution is -0.0820. The third kappa shape index (κ3) is 5.75. The van der Waals surface area contributed by atoms with Crippen LogP contribution in [-0.2, 0) is 11.3 Å². The molecule has 2 aliphatic heterocycles. The van der Waals surface area contributed by atoms with Gasteiger partial charge in [-0.05, 0) is 38.5 Å². The molecule has 0 saturated carbocycles. The monoisotopic (exact) mass is 503 g/mol. The summed E-state index contributed by atoms with van der Waals surface area (Å²) in [6.07, 6.45) is -5.60. The van der Waals surface area contributed by atoms with E-state index in [1.165, 1.54) is 7.05 Å². The first-order valence-electron chi connectivity index (χ1n) is 11.9. The number of urea groups is 1. The molecule has 2 aromatic carbocycles. The summed E-state index contributed by atoms with van der Waals surface area (Å²) in [6.45, 7) is 9.76. The highest BCUT2D eigenvalue weighted by Crippen LogP contribution is 2.33. The van der Waals surface area contributed by atoms with Crippen molar-refractivity contribution < 1.29 is 22.7 Å². The van der Waals surface area contributed by atoms with Crippen LogP contribution in [0.15, 0.2) is 59.7 Å². The van der Waals surface area contributed by atoms with E-state index in [0.29, 0.717) is 25.2 Å². The summed E-state index contributed by atoms with van der Waals surface area (Å²) >= 11 is 0. The van der Waals surface area contributed by atoms with Crippen LogP contribution in [0.3, 0.4) is 0 Å². The Balaban J connectivity index is 1.48. The molecule has 194 valence electrons. The number of carbonyl (C=O) groups excluding carboxylic acids is 1. The molecule has 1 unspecified atom stereocenters. The van der Waals surface area contributed by atoms with Gasteiger partial charge in [0.05, 0.1) is 6.54 Å². The minimum absolute atomic E-state index is 0.0546. The smallest absolute Gasteiger partial charge is 0.443 e. The van der Waals surface area contributed by atoms with Gasteiger partial charge in [-0.15, -0.1) is 5.10 Å². The van der Waals surface area contributed by atoms with E-state index in [2.05, 4.69) is 30.8 Å². The van der Waals surface area contributed by atoms with Gasteiger partial charge in [-0.25, -0.2) is 4.79 Å². The van der Waals surface area contributed by atoms with Crippen LogP contribution in [0.1, 0.15) is 38.1 Å². The van der Waals surface area contributed by atoms with E-state index >= 15 is 0 Å². The summed E-state index contributed by atoms with van der Waals surface area (Å²) in [7, 11) is 1.44. The molecule has 2 heterocycles. The maximum Gasteiger partial charge on any atom is 0.470 e. The summed E-state index contributed by atoms with van der Waals surface area (Å²) in [5.74, 6) is -1.26. The van der Waals surface area contributed by atoms with Gasteiger partial charge in [-0.2, -0.15) is 13.2 Å². The number of hydrazone groups is 1. The van der Waals surface area contributed by atoms with E-state index in [-0.39, 0.29) is 11.6 Å². The van der Waals surface area contributed by atoms with Gasteiger partial charge in [0.1, 0.15) is 0 Å². The lowest BCUT2D eigenvalue weighted by Crippen LogP contribution is -2.57. The van der Waals surface area contributed by atoms with Gasteiger partial charge < -0.3 is 9.64 Å². The van der Waals surface area contributed by atoms with Crippen LogP contribution in [0.2, 0.25) is 0 Å². The molecule has 0 N–H and O–H groups in total. The molecule has 1 fully saturated rings. The number of hydrogen-bond donors (Lipinski definition) is 0. The first-order chi connectivity index (χ1) is 16.9. The summed E-state index contributed by atoms with van der Waals surface area (Å²) < 4.78 is 44.0. The standard InChI is InChI=1S/C26H32F3N5O2/c1-25(2,3)33-16-14-32(15-17-33)24(35)34(21-8-6-5-7-9-21)18-19-10-12-20(13-11-19)22-31(4)30-23(36-22)26(27,28)29/h5-13,22H,14-18H2,1-4H3. The van der Waals surface area contributed by atoms with Gasteiger partial charge in [-0.3, -0.25) is 14.8 Å². The maximum absolute atomic E-state index is 13.6. The van der Waals surface area contributed by atoms with E-state index < -0.39 is 18.3 Å². The molecule has 0 aromatic heterocycles. The number of hydrogen-bond acceptors (Lipinski definition) is 5. The molecule has 2 amide bonds. The average Bonchev–Trinajstić information content (AvgIpc) is 3.25. The lowest BCUT2D eigenvalue weighted by Gasteiger charge is -2.43. The summed E-state index contributed by atoms with van der Waals surface area (Å²) in [5, 5.41) is 4.61. The van der Waals surface area contributed by atoms with Gasteiger partial charge in [0.15, 0.2) is 0 Å². The molecule has 0 bridgehead atoms. The Bertz CT molecular complexity index is 1080. The van der Waals surface area contributed by atoms with Crippen LogP contribution in [0, 0.1) is 0 Å². The number of piperazine rings is 1. The van der Waals surface area contributed by atoms with Crippen molar-refractivity contribution in [1.82, 2.24) is 14.8 Å². The van der Waals surface area contributed by atoms with E-state index in [4.69, 9.17) is 4.74 Å². The topological polar surface area (TPSA) is 51.6 Å². The molecular formula is C26H32F3N5O2. The number of nitrogens with zero attached hydrogens (tertiary/aromatic N) is 5. The highest BCUT2D eigenvalue weighted by atomic mass is 19.4. The predicted molar refractivity (Wildman–Crippen MR) is 132 cm³/mol. The number of para-hydroxylation sites is 1. The van der Waals surface area contributed by atoms with Crippen LogP contribution < -0.4 is 4.90 Å². The molecule has 0 radical (unpaired) electrons. The van der Waals surface area contributed by atoms with Gasteiger partial charge >= 0.3 is 18.1 Å². The second-order valence-corrected chi connectivity index (χ2v) is 10.0. The fourth-order valence-corrected chi connectivity index (χ4v) is 4.40. The van der Waals surface area contributed by atoms with Gasteiger partial charge in [-0.1, -0.05) is 42.5 Å². The third-order valence-electron chi connectivity index (χ3n) is 6.46. The van der Waals surface area contributed by atoms with Crippen LogP contribution in [-0.4, -0.2) is 71.7 Å². The molecule has 0 aliphatic carbocycles. The molecule has 4 rings (SSSR count). The largest absolute Gasteiger partial charge is 0.470 e. The molecule has 10 heteroatoms. The van der Waals surface area contributed by atoms with Gasteiger partial charge in [0.25, 0.3) is 0 Å². The van der Waals surface area contributed by atoms with Crippen LogP contribution in [0.25, 0.3) is 0 Å². The Morgan fingerprint density at radius 1 is 1.00 bits per heavy atom. The Labute approximate surface area is 209 Å². The first-order valence-corrected chi connectivity index (χ1v) is 11.9. The van der Waals surface area contributed by atoms with Crippen molar-refractivity contribution in [3.05, 3.63) is 65.7 Å². The highest BCUT2D eigenvalue weighted by Gasteiger charge is 2.45. The molecule has 2 aliphatic rings. The molecule has 1 atom stereocenters. The van der Waals surface area contributed by atoms with Crippen molar-refractivity contribution in [2.45, 2.75) is 45.3 Å². The Kier molecular flexibility index (Phi) is 7.17. The number of ether oxygens (including phenoxy) is 1. The van der Waals surface area contributed by atoms with E-state index in [1.54, 1.807) is 29.2 Å². The zero-order chi connectivity index (χ0) is 26.1. The zero-order valence-electron chi connectivity index (χ0n) is 21.0. The van der Waals surface area contributed by atoms with Crippen molar-refractivity contribution in [2.24, 2.45) is 5.10 Å². The van der Waals surface area contributed by atoms with Crippen molar-refractivity contribution >= 4 is 17.6 Å². The molecule has 2 aromatic rings. The first kappa shape index (κ1) is 25.8. The van der Waals surface area contributed by atoms with E-state index in [9.17, 15) is 18.0 Å². The van der Waals surface area contributed by atoms with Gasteiger partial charge in [0.2, 0.25) is 6.23 Å². The third-order valence-corrected chi connectivity index (χ3v) is 6.46. The lowest BCUT2D eigenvalue weighted by atomic mass is 10.1. The number of amides is 2. The number of rotatable bonds is 4. The van der Waals surface area contributed by atoms with Crippen molar-refractivity contribution in [1.29, 1.82) is 0 Å². The molecular weight excluding hydrogens is 471 g/mol. The summed E-state index contributed by atoms with van der Waals surface area (Å²) in [5.41, 5.74) is 2.23. The number of anilines is 1. The minimum atomic E-state index is -4.64. The molecule has 36 heavy (non-hydrogen) atoms. The fraction of sp³-hybridized carbons (Fsp3) is 0.462. The average molecular weight is 504 g/mol. The second-order valence-electron chi connectivity index (χ2n) is 10.0. The SMILES string of the molecule is CN1N=C(C(F)(F)F)OC1c1ccc(CN(C(=O)N2CCN(C(C)(C)C)CC2)c2ccccc2)cc1. The molecule has 7 nitrogen and oxygen atoms in total. The number of halogens is 3. The zero-order valence-corrected chi connectivity index (χ0v) is 21.0. The summed E-state index contributed by atoms with van der Waals surface area (Å²) in [4.78, 5) is 19.6. The van der Waals surface area contributed by atoms with E-state index in [0.717, 1.165) is 29.3 Å². The van der Waals surface area contributed by atoms with Crippen LogP contribution in [0.4, 0.5) is 23.7 Å². The minimum Gasteiger partial charge on any atom is -0.443 e. The Morgan fingerprint density at radius 3 is 2.14 bits per heavy atom. The maximum atomic E-state index is 13.6. The van der Waals surface area contributed by atoms with E-state index in [1.807, 2.05) is 35.2 Å². The predicted octanol–water partition coefficient (Wildman–Crippen LogP) is 5.07. The van der Waals surface area contributed by atoms with Crippen molar-refractivity contribution in [3.63, 3.8) is 0 Å². The highest BCUT2D eigenvalue weighted by molar-refractivity contribution is 5.92. The molecule has 0 spiro atoms.